The van der Waals surface area contributed by atoms with Crippen molar-refractivity contribution >= 4 is 17.5 Å². The van der Waals surface area contributed by atoms with Gasteiger partial charge in [-0.1, -0.05) is 0 Å². The Kier molecular flexibility index (Phi) is 4.48. The first kappa shape index (κ1) is 16.5. The zero-order chi connectivity index (χ0) is 17.4. The summed E-state index contributed by atoms with van der Waals surface area (Å²) in [5.74, 6) is 0.700. The fourth-order valence-corrected chi connectivity index (χ4v) is 4.38. The van der Waals surface area contributed by atoms with Crippen molar-refractivity contribution in [3.05, 3.63) is 29.8 Å². The van der Waals surface area contributed by atoms with Crippen molar-refractivity contribution < 1.29 is 19.1 Å². The number of carbonyl (C=O) groups excluding carboxylic acids is 2. The van der Waals surface area contributed by atoms with Crippen LogP contribution in [0.1, 0.15) is 29.6 Å². The molecule has 4 atom stereocenters. The average molecular weight is 344 g/mol. The molecule has 1 N–H and O–H groups in total. The molecule has 1 aromatic rings. The second kappa shape index (κ2) is 6.77. The summed E-state index contributed by atoms with van der Waals surface area (Å²) in [5.41, 5.74) is 1.48. The molecule has 1 aliphatic carbocycles. The molecule has 3 aliphatic rings. The zero-order valence-electron chi connectivity index (χ0n) is 14.4. The number of hydrogen-bond donors (Lipinski definition) is 1. The molecule has 6 heteroatoms. The van der Waals surface area contributed by atoms with Gasteiger partial charge in [0.2, 0.25) is 5.91 Å². The van der Waals surface area contributed by atoms with E-state index in [9.17, 15) is 9.59 Å². The molecule has 2 heterocycles. The predicted molar refractivity (Wildman–Crippen MR) is 92.5 cm³/mol. The number of nitrogens with one attached hydrogen (secondary N) is 1. The molecular weight excluding hydrogens is 320 g/mol. The van der Waals surface area contributed by atoms with E-state index < -0.39 is 0 Å². The van der Waals surface area contributed by atoms with E-state index in [1.54, 1.807) is 24.1 Å². The third-order valence-corrected chi connectivity index (χ3v) is 5.70. The van der Waals surface area contributed by atoms with Gasteiger partial charge in [0.05, 0.1) is 12.7 Å². The fourth-order valence-electron chi connectivity index (χ4n) is 4.38. The highest BCUT2D eigenvalue weighted by atomic mass is 16.5. The summed E-state index contributed by atoms with van der Waals surface area (Å²) in [4.78, 5) is 26.2. The van der Waals surface area contributed by atoms with Gasteiger partial charge in [0.25, 0.3) is 5.91 Å². The molecule has 0 unspecified atom stereocenters. The molecule has 0 spiro atoms. The Bertz CT molecular complexity index is 660. The standard InChI is InChI=1S/C19H24N2O4/c1-24-11-15-17(14-8-10-25-18(14)15)20-19(23)12-4-6-13(7-5-12)21-9-2-3-16(21)22/h4-7,14-15,17-18H,2-3,8-11H2,1H3,(H,20,23)/t14-,15+,17-,18-/m1/s1. The molecule has 2 saturated heterocycles. The monoisotopic (exact) mass is 344 g/mol. The van der Waals surface area contributed by atoms with E-state index in [2.05, 4.69) is 5.32 Å². The number of amides is 2. The maximum atomic E-state index is 12.6. The molecule has 4 rings (SSSR count). The van der Waals surface area contributed by atoms with E-state index in [-0.39, 0.29) is 29.9 Å². The van der Waals surface area contributed by atoms with Gasteiger partial charge in [0.1, 0.15) is 0 Å². The minimum absolute atomic E-state index is 0.0734. The third kappa shape index (κ3) is 2.93. The molecule has 25 heavy (non-hydrogen) atoms. The van der Waals surface area contributed by atoms with Gasteiger partial charge in [-0.15, -0.1) is 0 Å². The Balaban J connectivity index is 1.41. The van der Waals surface area contributed by atoms with Gasteiger partial charge < -0.3 is 19.7 Å². The van der Waals surface area contributed by atoms with Gasteiger partial charge in [0.15, 0.2) is 0 Å². The third-order valence-electron chi connectivity index (χ3n) is 5.70. The summed E-state index contributed by atoms with van der Waals surface area (Å²) >= 11 is 0. The molecule has 2 amide bonds. The molecule has 2 aliphatic heterocycles. The largest absolute Gasteiger partial charge is 0.384 e. The number of methoxy groups -OCH3 is 1. The van der Waals surface area contributed by atoms with Crippen LogP contribution in [0.3, 0.4) is 0 Å². The fraction of sp³-hybridized carbons (Fsp3) is 0.579. The Hall–Kier alpha value is -1.92. The Labute approximate surface area is 147 Å². The summed E-state index contributed by atoms with van der Waals surface area (Å²) in [7, 11) is 1.68. The molecule has 0 radical (unpaired) electrons. The van der Waals surface area contributed by atoms with Gasteiger partial charge in [-0.3, -0.25) is 9.59 Å². The molecule has 6 nitrogen and oxygen atoms in total. The minimum Gasteiger partial charge on any atom is -0.384 e. The second-order valence-corrected chi connectivity index (χ2v) is 7.10. The lowest BCUT2D eigenvalue weighted by Crippen LogP contribution is -2.62. The molecular formula is C19H24N2O4. The summed E-state index contributed by atoms with van der Waals surface area (Å²) in [6, 6.07) is 7.41. The Morgan fingerprint density at radius 2 is 2.16 bits per heavy atom. The van der Waals surface area contributed by atoms with Gasteiger partial charge in [-0.2, -0.15) is 0 Å². The SMILES string of the molecule is COC[C@H]1[C@H](NC(=O)c2ccc(N3CCCC3=O)cc2)[C@H]2CCO[C@H]21. The van der Waals surface area contributed by atoms with Crippen molar-refractivity contribution in [2.75, 3.05) is 31.8 Å². The highest BCUT2D eigenvalue weighted by molar-refractivity contribution is 5.97. The summed E-state index contributed by atoms with van der Waals surface area (Å²) in [6.45, 7) is 2.12. The van der Waals surface area contributed by atoms with Crippen LogP contribution in [-0.2, 0) is 14.3 Å². The van der Waals surface area contributed by atoms with Crippen LogP contribution in [0.25, 0.3) is 0 Å². The number of fused-ring (bicyclic) bond motifs is 1. The van der Waals surface area contributed by atoms with Crippen LogP contribution in [0, 0.1) is 11.8 Å². The summed E-state index contributed by atoms with van der Waals surface area (Å²) in [6.07, 6.45) is 2.71. The van der Waals surface area contributed by atoms with Crippen molar-refractivity contribution in [2.45, 2.75) is 31.4 Å². The lowest BCUT2D eigenvalue weighted by Gasteiger charge is -2.47. The molecule has 1 aromatic carbocycles. The topological polar surface area (TPSA) is 67.9 Å². The van der Waals surface area contributed by atoms with E-state index in [4.69, 9.17) is 9.47 Å². The lowest BCUT2D eigenvalue weighted by atomic mass is 9.67. The van der Waals surface area contributed by atoms with Crippen LogP contribution >= 0.6 is 0 Å². The van der Waals surface area contributed by atoms with E-state index in [0.29, 0.717) is 24.5 Å². The van der Waals surface area contributed by atoms with E-state index in [0.717, 1.165) is 31.7 Å². The van der Waals surface area contributed by atoms with Crippen LogP contribution in [0.5, 0.6) is 0 Å². The van der Waals surface area contributed by atoms with Crippen LogP contribution in [0.4, 0.5) is 5.69 Å². The molecule has 1 saturated carbocycles. The molecule has 0 bridgehead atoms. The number of hydrogen-bond acceptors (Lipinski definition) is 4. The van der Waals surface area contributed by atoms with Crippen LogP contribution in [0.2, 0.25) is 0 Å². The minimum atomic E-state index is -0.0734. The first-order chi connectivity index (χ1) is 12.2. The average Bonchev–Trinajstić information content (AvgIpc) is 3.24. The molecule has 0 aromatic heterocycles. The maximum Gasteiger partial charge on any atom is 0.251 e. The van der Waals surface area contributed by atoms with E-state index >= 15 is 0 Å². The zero-order valence-corrected chi connectivity index (χ0v) is 14.4. The van der Waals surface area contributed by atoms with Crippen LogP contribution < -0.4 is 10.2 Å². The normalized spacial score (nSPS) is 30.9. The highest BCUT2D eigenvalue weighted by Crippen LogP contribution is 2.43. The maximum absolute atomic E-state index is 12.6. The van der Waals surface area contributed by atoms with E-state index in [1.807, 2.05) is 12.1 Å². The molecule has 3 fully saturated rings. The number of carbonyl (C=O) groups is 2. The van der Waals surface area contributed by atoms with Crippen molar-refractivity contribution in [1.29, 1.82) is 0 Å². The first-order valence-corrected chi connectivity index (χ1v) is 9.01. The van der Waals surface area contributed by atoms with Crippen LogP contribution in [0.15, 0.2) is 24.3 Å². The first-order valence-electron chi connectivity index (χ1n) is 9.01. The lowest BCUT2D eigenvalue weighted by molar-refractivity contribution is -0.117. The highest BCUT2D eigenvalue weighted by Gasteiger charge is 2.54. The predicted octanol–water partition coefficient (Wildman–Crippen LogP) is 1.59. The van der Waals surface area contributed by atoms with Crippen molar-refractivity contribution in [2.24, 2.45) is 11.8 Å². The molecule has 134 valence electrons. The van der Waals surface area contributed by atoms with Gasteiger partial charge >= 0.3 is 0 Å². The smallest absolute Gasteiger partial charge is 0.251 e. The van der Waals surface area contributed by atoms with Crippen molar-refractivity contribution in [3.63, 3.8) is 0 Å². The number of rotatable bonds is 5. The number of nitrogens with zero attached hydrogens (tertiary/aromatic N) is 1. The second-order valence-electron chi connectivity index (χ2n) is 7.10. The summed E-state index contributed by atoms with van der Waals surface area (Å²) < 4.78 is 11.0. The van der Waals surface area contributed by atoms with Crippen LogP contribution in [-0.4, -0.2) is 50.8 Å². The van der Waals surface area contributed by atoms with Crippen molar-refractivity contribution in [1.82, 2.24) is 5.32 Å². The quantitative estimate of drug-likeness (QED) is 0.881. The van der Waals surface area contributed by atoms with Gasteiger partial charge in [-0.25, -0.2) is 0 Å². The number of anilines is 1. The Morgan fingerprint density at radius 1 is 1.36 bits per heavy atom. The van der Waals surface area contributed by atoms with Crippen molar-refractivity contribution in [3.8, 4) is 0 Å². The summed E-state index contributed by atoms with van der Waals surface area (Å²) in [5, 5.41) is 3.16. The van der Waals surface area contributed by atoms with E-state index in [1.165, 1.54) is 0 Å². The van der Waals surface area contributed by atoms with Gasteiger partial charge in [0, 0.05) is 55.8 Å². The number of benzene rings is 1. The van der Waals surface area contributed by atoms with Gasteiger partial charge in [-0.05, 0) is 37.1 Å². The number of ether oxygens (including phenoxy) is 2. The Morgan fingerprint density at radius 3 is 2.84 bits per heavy atom.